The molecule has 1 unspecified atom stereocenters. The minimum absolute atomic E-state index is 0.0807. The smallest absolute Gasteiger partial charge is 0.328 e. The van der Waals surface area contributed by atoms with Gasteiger partial charge in [0.15, 0.2) is 0 Å². The third kappa shape index (κ3) is 3.45. The van der Waals surface area contributed by atoms with E-state index in [4.69, 9.17) is 0 Å². The number of aliphatic hydroxyl groups is 1. The quantitative estimate of drug-likeness (QED) is 0.940. The number of rotatable bonds is 4. The van der Waals surface area contributed by atoms with Crippen LogP contribution in [-0.4, -0.2) is 14.2 Å². The van der Waals surface area contributed by atoms with Crippen LogP contribution in [0.2, 0.25) is 0 Å². The molecule has 0 radical (unpaired) electrons. The highest BCUT2D eigenvalue weighted by Gasteiger charge is 2.15. The maximum Gasteiger partial charge on any atom is 0.328 e. The number of aromatic nitrogens is 2. The fourth-order valence-electron chi connectivity index (χ4n) is 2.33. The van der Waals surface area contributed by atoms with E-state index in [0.717, 1.165) is 5.56 Å². The first-order valence-electron chi connectivity index (χ1n) is 7.37. The Labute approximate surface area is 125 Å². The van der Waals surface area contributed by atoms with Crippen LogP contribution < -0.4 is 5.69 Å². The Bertz CT molecular complexity index is 645. The minimum atomic E-state index is -0.676. The highest BCUT2D eigenvalue weighted by atomic mass is 16.3. The van der Waals surface area contributed by atoms with Crippen molar-refractivity contribution in [3.8, 4) is 0 Å². The van der Waals surface area contributed by atoms with E-state index in [0.29, 0.717) is 6.54 Å². The summed E-state index contributed by atoms with van der Waals surface area (Å²) in [5.41, 5.74) is 2.08. The van der Waals surface area contributed by atoms with Crippen molar-refractivity contribution >= 4 is 0 Å². The molecule has 0 aliphatic rings. The highest BCUT2D eigenvalue weighted by Crippen LogP contribution is 2.24. The van der Waals surface area contributed by atoms with Crippen molar-refractivity contribution in [1.29, 1.82) is 0 Å². The topological polar surface area (TPSA) is 47.2 Å². The number of benzene rings is 1. The van der Waals surface area contributed by atoms with Gasteiger partial charge in [-0.1, -0.05) is 45.0 Å². The van der Waals surface area contributed by atoms with E-state index in [1.165, 1.54) is 5.56 Å². The summed E-state index contributed by atoms with van der Waals surface area (Å²) in [5.74, 6) is 0. The first-order chi connectivity index (χ1) is 9.82. The van der Waals surface area contributed by atoms with Crippen LogP contribution in [0.1, 0.15) is 44.9 Å². The molecule has 1 aromatic carbocycles. The first kappa shape index (κ1) is 15.6. The monoisotopic (exact) mass is 288 g/mol. The Balaban J connectivity index is 2.15. The predicted octanol–water partition coefficient (Wildman–Crippen LogP) is 2.70. The molecule has 0 aliphatic heterocycles. The van der Waals surface area contributed by atoms with Crippen molar-refractivity contribution in [1.82, 2.24) is 9.13 Å². The molecule has 1 aromatic heterocycles. The number of imidazole rings is 1. The average molecular weight is 288 g/mol. The van der Waals surface area contributed by atoms with Gasteiger partial charge in [0, 0.05) is 18.9 Å². The Morgan fingerprint density at radius 1 is 1.10 bits per heavy atom. The minimum Gasteiger partial charge on any atom is -0.387 e. The fourth-order valence-corrected chi connectivity index (χ4v) is 2.33. The number of hydrogen-bond acceptors (Lipinski definition) is 2. The molecule has 0 spiro atoms. The Morgan fingerprint density at radius 2 is 1.67 bits per heavy atom. The maximum absolute atomic E-state index is 12.0. The molecule has 0 aliphatic carbocycles. The van der Waals surface area contributed by atoms with Crippen molar-refractivity contribution in [2.24, 2.45) is 0 Å². The molecule has 4 nitrogen and oxygen atoms in total. The Hall–Kier alpha value is -1.81. The van der Waals surface area contributed by atoms with Crippen molar-refractivity contribution in [3.63, 3.8) is 0 Å². The van der Waals surface area contributed by atoms with Crippen LogP contribution in [0.5, 0.6) is 0 Å². The Morgan fingerprint density at radius 3 is 2.14 bits per heavy atom. The molecule has 2 aromatic rings. The lowest BCUT2D eigenvalue weighted by Crippen LogP contribution is -2.25. The molecule has 21 heavy (non-hydrogen) atoms. The van der Waals surface area contributed by atoms with Gasteiger partial charge >= 0.3 is 5.69 Å². The van der Waals surface area contributed by atoms with Crippen LogP contribution in [0.4, 0.5) is 0 Å². The third-order valence-electron chi connectivity index (χ3n) is 3.79. The molecule has 0 amide bonds. The average Bonchev–Trinajstić information content (AvgIpc) is 2.79. The molecule has 1 atom stereocenters. The second kappa shape index (κ2) is 5.90. The van der Waals surface area contributed by atoms with Crippen LogP contribution in [0.3, 0.4) is 0 Å². The van der Waals surface area contributed by atoms with Gasteiger partial charge < -0.3 is 5.11 Å². The molecule has 0 saturated heterocycles. The first-order valence-corrected chi connectivity index (χ1v) is 7.37. The van der Waals surface area contributed by atoms with Crippen molar-refractivity contribution in [3.05, 3.63) is 58.3 Å². The summed E-state index contributed by atoms with van der Waals surface area (Å²) in [6.45, 7) is 9.32. The normalized spacial score (nSPS) is 13.4. The summed E-state index contributed by atoms with van der Waals surface area (Å²) < 4.78 is 3.17. The van der Waals surface area contributed by atoms with E-state index in [1.54, 1.807) is 21.5 Å². The summed E-state index contributed by atoms with van der Waals surface area (Å²) in [6, 6.07) is 7.96. The summed E-state index contributed by atoms with van der Waals surface area (Å²) in [7, 11) is 0. The molecule has 2 rings (SSSR count). The lowest BCUT2D eigenvalue weighted by Gasteiger charge is -2.20. The van der Waals surface area contributed by atoms with E-state index >= 15 is 0 Å². The zero-order valence-corrected chi connectivity index (χ0v) is 13.2. The van der Waals surface area contributed by atoms with Crippen LogP contribution in [0.15, 0.2) is 41.5 Å². The fraction of sp³-hybridized carbons (Fsp3) is 0.471. The number of aryl methyl sites for hydroxylation is 1. The molecule has 0 fully saturated rings. The number of nitrogens with zero attached hydrogens (tertiary/aromatic N) is 2. The van der Waals surface area contributed by atoms with Crippen molar-refractivity contribution in [2.45, 2.75) is 52.3 Å². The maximum atomic E-state index is 12.0. The standard InChI is InChI=1S/C17H24N2O2/c1-5-18-10-11-19(16(18)21)12-15(20)13-6-8-14(9-7-13)17(2,3)4/h6-11,15,20H,5,12H2,1-4H3. The van der Waals surface area contributed by atoms with Gasteiger partial charge in [0.25, 0.3) is 0 Å². The zero-order valence-electron chi connectivity index (χ0n) is 13.2. The largest absolute Gasteiger partial charge is 0.387 e. The van der Waals surface area contributed by atoms with Gasteiger partial charge in [-0.3, -0.25) is 9.13 Å². The van der Waals surface area contributed by atoms with Crippen LogP contribution in [0, 0.1) is 0 Å². The Kier molecular flexibility index (Phi) is 4.37. The van der Waals surface area contributed by atoms with E-state index < -0.39 is 6.10 Å². The van der Waals surface area contributed by atoms with Gasteiger partial charge in [-0.2, -0.15) is 0 Å². The van der Waals surface area contributed by atoms with Gasteiger partial charge in [-0.25, -0.2) is 4.79 Å². The lowest BCUT2D eigenvalue weighted by molar-refractivity contribution is 0.155. The van der Waals surface area contributed by atoms with E-state index in [2.05, 4.69) is 20.8 Å². The van der Waals surface area contributed by atoms with E-state index in [9.17, 15) is 9.90 Å². The summed E-state index contributed by atoms with van der Waals surface area (Å²) in [5, 5.41) is 10.3. The lowest BCUT2D eigenvalue weighted by atomic mass is 9.86. The van der Waals surface area contributed by atoms with Gasteiger partial charge in [-0.05, 0) is 23.5 Å². The summed E-state index contributed by atoms with van der Waals surface area (Å²) in [4.78, 5) is 12.0. The molecule has 0 saturated carbocycles. The van der Waals surface area contributed by atoms with Gasteiger partial charge in [0.2, 0.25) is 0 Å². The van der Waals surface area contributed by atoms with Gasteiger partial charge in [0.1, 0.15) is 0 Å². The zero-order chi connectivity index (χ0) is 15.6. The molecular formula is C17H24N2O2. The second-order valence-electron chi connectivity index (χ2n) is 6.41. The van der Waals surface area contributed by atoms with Crippen LogP contribution in [-0.2, 0) is 18.5 Å². The SMILES string of the molecule is CCn1ccn(CC(O)c2ccc(C(C)(C)C)cc2)c1=O. The molecule has 114 valence electrons. The molecule has 1 N–H and O–H groups in total. The van der Waals surface area contributed by atoms with E-state index in [1.807, 2.05) is 31.2 Å². The van der Waals surface area contributed by atoms with E-state index in [-0.39, 0.29) is 17.6 Å². The number of hydrogen-bond donors (Lipinski definition) is 1. The van der Waals surface area contributed by atoms with Gasteiger partial charge in [-0.15, -0.1) is 0 Å². The molecular weight excluding hydrogens is 264 g/mol. The predicted molar refractivity (Wildman–Crippen MR) is 84.5 cm³/mol. The van der Waals surface area contributed by atoms with Gasteiger partial charge in [0.05, 0.1) is 12.6 Å². The summed E-state index contributed by atoms with van der Waals surface area (Å²) >= 11 is 0. The van der Waals surface area contributed by atoms with Crippen LogP contribution >= 0.6 is 0 Å². The second-order valence-corrected chi connectivity index (χ2v) is 6.41. The van der Waals surface area contributed by atoms with Crippen molar-refractivity contribution in [2.75, 3.05) is 0 Å². The van der Waals surface area contributed by atoms with Crippen molar-refractivity contribution < 1.29 is 5.11 Å². The highest BCUT2D eigenvalue weighted by molar-refractivity contribution is 5.28. The molecule has 0 bridgehead atoms. The number of aliphatic hydroxyl groups excluding tert-OH is 1. The third-order valence-corrected chi connectivity index (χ3v) is 3.79. The van der Waals surface area contributed by atoms with Crippen LogP contribution in [0.25, 0.3) is 0 Å². The molecule has 1 heterocycles. The summed E-state index contributed by atoms with van der Waals surface area (Å²) in [6.07, 6.45) is 2.79. The molecule has 4 heteroatoms.